The summed E-state index contributed by atoms with van der Waals surface area (Å²) < 4.78 is 0. The van der Waals surface area contributed by atoms with Gasteiger partial charge >= 0.3 is 6.03 Å². The van der Waals surface area contributed by atoms with Gasteiger partial charge in [0.1, 0.15) is 5.01 Å². The minimum atomic E-state index is -0.668. The highest BCUT2D eigenvalue weighted by Crippen LogP contribution is 2.28. The number of likely N-dealkylation sites (tertiary alicyclic amines) is 1. The topological polar surface area (TPSA) is 78.4 Å². The molecule has 2 amide bonds. The molecule has 1 aliphatic rings. The van der Waals surface area contributed by atoms with Crippen LogP contribution in [0, 0.1) is 12.8 Å². The number of nitrogens with zero attached hydrogens (tertiary/aromatic N) is 3. The van der Waals surface area contributed by atoms with E-state index in [-0.39, 0.29) is 11.9 Å². The molecule has 0 unspecified atom stereocenters. The van der Waals surface area contributed by atoms with Crippen LogP contribution in [0.25, 0.3) is 0 Å². The first-order valence-electron chi connectivity index (χ1n) is 6.44. The molecule has 1 saturated heterocycles. The maximum atomic E-state index is 12.0. The Labute approximate surface area is 116 Å². The molecule has 0 spiro atoms. The second-order valence-corrected chi connectivity index (χ2v) is 6.65. The van der Waals surface area contributed by atoms with Crippen molar-refractivity contribution in [1.82, 2.24) is 15.1 Å². The van der Waals surface area contributed by atoms with E-state index in [0.29, 0.717) is 18.2 Å². The molecule has 1 fully saturated rings. The number of urea groups is 1. The predicted octanol–water partition coefficient (Wildman–Crippen LogP) is 1.86. The molecule has 0 bridgehead atoms. The van der Waals surface area contributed by atoms with E-state index in [1.807, 2.05) is 20.8 Å². The fraction of sp³-hybridized carbons (Fsp3) is 0.750. The predicted molar refractivity (Wildman–Crippen MR) is 74.3 cm³/mol. The molecule has 1 aromatic rings. The fourth-order valence-corrected chi connectivity index (χ4v) is 2.89. The lowest BCUT2D eigenvalue weighted by Crippen LogP contribution is -2.45. The van der Waals surface area contributed by atoms with E-state index >= 15 is 0 Å². The number of rotatable bonds is 2. The molecule has 19 heavy (non-hydrogen) atoms. The zero-order chi connectivity index (χ0) is 14.0. The van der Waals surface area contributed by atoms with Crippen LogP contribution in [0.3, 0.4) is 0 Å². The van der Waals surface area contributed by atoms with Crippen molar-refractivity contribution in [2.45, 2.75) is 39.2 Å². The minimum absolute atomic E-state index is 0.134. The van der Waals surface area contributed by atoms with Crippen LogP contribution < -0.4 is 5.32 Å². The van der Waals surface area contributed by atoms with Gasteiger partial charge in [0.15, 0.2) is 0 Å². The van der Waals surface area contributed by atoms with Crippen LogP contribution in [0.1, 0.15) is 31.7 Å². The maximum Gasteiger partial charge on any atom is 0.323 e. The van der Waals surface area contributed by atoms with Gasteiger partial charge < -0.3 is 10.0 Å². The fourth-order valence-electron chi connectivity index (χ4n) is 2.31. The van der Waals surface area contributed by atoms with Crippen LogP contribution in [0.4, 0.5) is 9.93 Å². The van der Waals surface area contributed by atoms with Crippen molar-refractivity contribution in [3.63, 3.8) is 0 Å². The second kappa shape index (κ2) is 5.42. The van der Waals surface area contributed by atoms with Gasteiger partial charge in [-0.15, -0.1) is 10.2 Å². The molecule has 0 saturated carbocycles. The molecular formula is C12H20N4O2S. The third-order valence-corrected chi connectivity index (χ3v) is 4.28. The largest absolute Gasteiger partial charge is 0.390 e. The normalized spacial score (nSPS) is 17.6. The molecule has 2 N–H and O–H groups in total. The molecule has 0 atom stereocenters. The van der Waals surface area contributed by atoms with E-state index in [1.165, 1.54) is 11.3 Å². The van der Waals surface area contributed by atoms with Crippen molar-refractivity contribution in [3.8, 4) is 0 Å². The van der Waals surface area contributed by atoms with Crippen LogP contribution in [0.5, 0.6) is 0 Å². The summed E-state index contributed by atoms with van der Waals surface area (Å²) in [6, 6.07) is -0.134. The highest BCUT2D eigenvalue weighted by Gasteiger charge is 2.32. The molecule has 106 valence electrons. The van der Waals surface area contributed by atoms with Crippen molar-refractivity contribution < 1.29 is 9.90 Å². The van der Waals surface area contributed by atoms with Gasteiger partial charge in [0.25, 0.3) is 0 Å². The number of aromatic nitrogens is 2. The van der Waals surface area contributed by atoms with E-state index in [4.69, 9.17) is 0 Å². The van der Waals surface area contributed by atoms with Crippen molar-refractivity contribution in [3.05, 3.63) is 5.01 Å². The number of hydrogen-bond donors (Lipinski definition) is 2. The summed E-state index contributed by atoms with van der Waals surface area (Å²) >= 11 is 1.36. The summed E-state index contributed by atoms with van der Waals surface area (Å²) in [5.41, 5.74) is -0.668. The number of piperidine rings is 1. The molecular weight excluding hydrogens is 264 g/mol. The zero-order valence-corrected chi connectivity index (χ0v) is 12.3. The quantitative estimate of drug-likeness (QED) is 0.869. The van der Waals surface area contributed by atoms with E-state index in [1.54, 1.807) is 4.90 Å². The average Bonchev–Trinajstić information content (AvgIpc) is 2.74. The lowest BCUT2D eigenvalue weighted by Gasteiger charge is -2.37. The molecule has 6 nitrogen and oxygen atoms in total. The monoisotopic (exact) mass is 284 g/mol. The van der Waals surface area contributed by atoms with Gasteiger partial charge in [-0.1, -0.05) is 11.3 Å². The lowest BCUT2D eigenvalue weighted by atomic mass is 9.83. The van der Waals surface area contributed by atoms with Crippen LogP contribution in [-0.4, -0.2) is 44.9 Å². The van der Waals surface area contributed by atoms with Crippen LogP contribution in [0.15, 0.2) is 0 Å². The third-order valence-electron chi connectivity index (χ3n) is 3.52. The first-order chi connectivity index (χ1) is 8.86. The molecule has 1 aliphatic heterocycles. The first-order valence-corrected chi connectivity index (χ1v) is 7.26. The van der Waals surface area contributed by atoms with Gasteiger partial charge in [0.2, 0.25) is 5.13 Å². The Morgan fingerprint density at radius 3 is 2.53 bits per heavy atom. The number of carbonyl (C=O) groups is 1. The van der Waals surface area contributed by atoms with Gasteiger partial charge in [0.05, 0.1) is 5.60 Å². The first kappa shape index (κ1) is 14.2. The summed E-state index contributed by atoms with van der Waals surface area (Å²) in [4.78, 5) is 13.8. The van der Waals surface area contributed by atoms with Crippen LogP contribution in [0.2, 0.25) is 0 Å². The molecule has 0 aliphatic carbocycles. The SMILES string of the molecule is Cc1nnc(NC(=O)N2CCC(C(C)(C)O)CC2)s1. The Balaban J connectivity index is 1.86. The second-order valence-electron chi connectivity index (χ2n) is 5.47. The molecule has 1 aromatic heterocycles. The van der Waals surface area contributed by atoms with E-state index in [2.05, 4.69) is 15.5 Å². The molecule has 2 heterocycles. The van der Waals surface area contributed by atoms with Gasteiger partial charge in [-0.05, 0) is 39.5 Å². The third kappa shape index (κ3) is 3.63. The summed E-state index contributed by atoms with van der Waals surface area (Å²) in [5.74, 6) is 0.250. The number of nitrogens with one attached hydrogen (secondary N) is 1. The number of carbonyl (C=O) groups excluding carboxylic acids is 1. The van der Waals surface area contributed by atoms with Gasteiger partial charge in [-0.25, -0.2) is 4.79 Å². The smallest absolute Gasteiger partial charge is 0.323 e. The Kier molecular flexibility index (Phi) is 4.05. The van der Waals surface area contributed by atoms with E-state index in [0.717, 1.165) is 17.8 Å². The summed E-state index contributed by atoms with van der Waals surface area (Å²) in [6.45, 7) is 6.84. The van der Waals surface area contributed by atoms with E-state index in [9.17, 15) is 9.90 Å². The van der Waals surface area contributed by atoms with Crippen molar-refractivity contribution in [2.24, 2.45) is 5.92 Å². The Hall–Kier alpha value is -1.21. The van der Waals surface area contributed by atoms with Crippen molar-refractivity contribution in [1.29, 1.82) is 0 Å². The molecule has 2 rings (SSSR count). The Morgan fingerprint density at radius 1 is 1.42 bits per heavy atom. The molecule has 7 heteroatoms. The highest BCUT2D eigenvalue weighted by atomic mass is 32.1. The van der Waals surface area contributed by atoms with Gasteiger partial charge in [-0.2, -0.15) is 0 Å². The van der Waals surface area contributed by atoms with Crippen molar-refractivity contribution in [2.75, 3.05) is 18.4 Å². The van der Waals surface area contributed by atoms with Gasteiger partial charge in [0, 0.05) is 13.1 Å². The number of aliphatic hydroxyl groups is 1. The number of aryl methyl sites for hydroxylation is 1. The molecule has 0 radical (unpaired) electrons. The highest BCUT2D eigenvalue weighted by molar-refractivity contribution is 7.15. The van der Waals surface area contributed by atoms with Gasteiger partial charge in [-0.3, -0.25) is 5.32 Å². The lowest BCUT2D eigenvalue weighted by molar-refractivity contribution is -0.00704. The maximum absolute atomic E-state index is 12.0. The molecule has 0 aromatic carbocycles. The number of anilines is 1. The number of hydrogen-bond acceptors (Lipinski definition) is 5. The zero-order valence-electron chi connectivity index (χ0n) is 11.5. The summed E-state index contributed by atoms with van der Waals surface area (Å²) in [7, 11) is 0. The number of amides is 2. The Bertz CT molecular complexity index is 447. The van der Waals surface area contributed by atoms with Crippen LogP contribution in [-0.2, 0) is 0 Å². The summed E-state index contributed by atoms with van der Waals surface area (Å²) in [5, 5.41) is 21.8. The van der Waals surface area contributed by atoms with Crippen LogP contribution >= 0.6 is 11.3 Å². The Morgan fingerprint density at radius 2 is 2.05 bits per heavy atom. The average molecular weight is 284 g/mol. The van der Waals surface area contributed by atoms with Crippen molar-refractivity contribution >= 4 is 22.5 Å². The minimum Gasteiger partial charge on any atom is -0.390 e. The standard InChI is InChI=1S/C12H20N4O2S/c1-8-14-15-10(19-8)13-11(17)16-6-4-9(5-7-16)12(2,3)18/h9,18H,4-7H2,1-3H3,(H,13,15,17). The van der Waals surface area contributed by atoms with E-state index < -0.39 is 5.60 Å². The summed E-state index contributed by atoms with van der Waals surface area (Å²) in [6.07, 6.45) is 1.65.